The monoisotopic (exact) mass is 426 g/mol. The predicted molar refractivity (Wildman–Crippen MR) is 123 cm³/mol. The maximum atomic E-state index is 13.7. The van der Waals surface area contributed by atoms with Gasteiger partial charge in [0.15, 0.2) is 0 Å². The Labute approximate surface area is 185 Å². The Kier molecular flexibility index (Phi) is 8.61. The molecule has 0 radical (unpaired) electrons. The summed E-state index contributed by atoms with van der Waals surface area (Å²) in [5.74, 6) is -0.112. The lowest BCUT2D eigenvalue weighted by Gasteiger charge is -2.36. The highest BCUT2D eigenvalue weighted by Crippen LogP contribution is 2.35. The summed E-state index contributed by atoms with van der Waals surface area (Å²) in [5.41, 5.74) is 2.47. The van der Waals surface area contributed by atoms with Crippen LogP contribution in [0.3, 0.4) is 0 Å². The molecule has 1 amide bonds. The smallest absolute Gasteiger partial charge is 0.226 e. The molecule has 0 atom stereocenters. The average Bonchev–Trinajstić information content (AvgIpc) is 2.80. The number of benzene rings is 2. The van der Waals surface area contributed by atoms with Gasteiger partial charge in [-0.3, -0.25) is 4.79 Å². The summed E-state index contributed by atoms with van der Waals surface area (Å²) < 4.78 is 19.2. The van der Waals surface area contributed by atoms with Crippen molar-refractivity contribution in [2.24, 2.45) is 5.41 Å². The standard InChI is InChI=1S/C26H35FN2O2/c1-3-29(4-2)15-7-14-28-25(30)26(12-16-31-17-13-26)20-21-8-5-9-22(18-21)23-10-6-11-24(27)19-23/h5-6,8-11,18-19H,3-4,7,12-17,20H2,1-2H3,(H,28,30). The van der Waals surface area contributed by atoms with Crippen molar-refractivity contribution in [1.82, 2.24) is 10.2 Å². The van der Waals surface area contributed by atoms with Gasteiger partial charge in [0, 0.05) is 19.8 Å². The van der Waals surface area contributed by atoms with Crippen LogP contribution in [0, 0.1) is 11.2 Å². The van der Waals surface area contributed by atoms with Crippen molar-refractivity contribution in [3.8, 4) is 11.1 Å². The van der Waals surface area contributed by atoms with Gasteiger partial charge in [0.2, 0.25) is 5.91 Å². The molecule has 0 aliphatic carbocycles. The third-order valence-corrected chi connectivity index (χ3v) is 6.39. The zero-order valence-electron chi connectivity index (χ0n) is 18.8. The molecule has 2 aromatic carbocycles. The second kappa shape index (κ2) is 11.4. The molecule has 0 spiro atoms. The molecule has 1 N–H and O–H groups in total. The fourth-order valence-electron chi connectivity index (χ4n) is 4.40. The molecule has 3 rings (SSSR count). The van der Waals surface area contributed by atoms with Gasteiger partial charge in [0.05, 0.1) is 5.41 Å². The highest BCUT2D eigenvalue weighted by atomic mass is 19.1. The summed E-state index contributed by atoms with van der Waals surface area (Å²) in [7, 11) is 0. The molecule has 0 saturated carbocycles. The van der Waals surface area contributed by atoms with Crippen molar-refractivity contribution in [2.45, 2.75) is 39.5 Å². The van der Waals surface area contributed by atoms with E-state index < -0.39 is 5.41 Å². The fourth-order valence-corrected chi connectivity index (χ4v) is 4.40. The summed E-state index contributed by atoms with van der Waals surface area (Å²) in [5, 5.41) is 3.20. The molecular weight excluding hydrogens is 391 g/mol. The van der Waals surface area contributed by atoms with Crippen LogP contribution in [0.4, 0.5) is 4.39 Å². The minimum atomic E-state index is -0.450. The zero-order valence-corrected chi connectivity index (χ0v) is 18.8. The first kappa shape index (κ1) is 23.4. The van der Waals surface area contributed by atoms with E-state index in [1.165, 1.54) is 6.07 Å². The van der Waals surface area contributed by atoms with Crippen molar-refractivity contribution < 1.29 is 13.9 Å². The number of carbonyl (C=O) groups excluding carboxylic acids is 1. The number of nitrogens with one attached hydrogen (secondary N) is 1. The number of nitrogens with zero attached hydrogens (tertiary/aromatic N) is 1. The summed E-state index contributed by atoms with van der Waals surface area (Å²) in [6, 6.07) is 14.8. The van der Waals surface area contributed by atoms with Crippen LogP contribution in [0.5, 0.6) is 0 Å². The molecule has 31 heavy (non-hydrogen) atoms. The van der Waals surface area contributed by atoms with E-state index in [1.807, 2.05) is 18.2 Å². The first-order chi connectivity index (χ1) is 15.1. The number of amides is 1. The quantitative estimate of drug-likeness (QED) is 0.561. The van der Waals surface area contributed by atoms with Gasteiger partial charge in [-0.15, -0.1) is 0 Å². The topological polar surface area (TPSA) is 41.6 Å². The number of carbonyl (C=O) groups is 1. The van der Waals surface area contributed by atoms with Gasteiger partial charge in [-0.1, -0.05) is 50.2 Å². The van der Waals surface area contributed by atoms with E-state index in [0.717, 1.165) is 55.6 Å². The van der Waals surface area contributed by atoms with Crippen LogP contribution in [-0.4, -0.2) is 50.2 Å². The second-order valence-electron chi connectivity index (χ2n) is 8.42. The van der Waals surface area contributed by atoms with Gasteiger partial charge in [0.25, 0.3) is 0 Å². The number of ether oxygens (including phenoxy) is 1. The Balaban J connectivity index is 1.69. The maximum absolute atomic E-state index is 13.7. The first-order valence-electron chi connectivity index (χ1n) is 11.5. The second-order valence-corrected chi connectivity index (χ2v) is 8.42. The summed E-state index contributed by atoms with van der Waals surface area (Å²) in [6.45, 7) is 9.31. The van der Waals surface area contributed by atoms with Gasteiger partial charge in [0.1, 0.15) is 5.82 Å². The van der Waals surface area contributed by atoms with Crippen LogP contribution in [-0.2, 0) is 16.0 Å². The summed E-state index contributed by atoms with van der Waals surface area (Å²) >= 11 is 0. The van der Waals surface area contributed by atoms with E-state index in [0.29, 0.717) is 26.2 Å². The SMILES string of the molecule is CCN(CC)CCCNC(=O)C1(Cc2cccc(-c3cccc(F)c3)c2)CCOCC1. The Hall–Kier alpha value is -2.24. The van der Waals surface area contributed by atoms with Crippen molar-refractivity contribution >= 4 is 5.91 Å². The molecule has 1 saturated heterocycles. The molecule has 1 aliphatic heterocycles. The molecule has 2 aromatic rings. The lowest BCUT2D eigenvalue weighted by atomic mass is 9.74. The van der Waals surface area contributed by atoms with Crippen LogP contribution in [0.15, 0.2) is 48.5 Å². The largest absolute Gasteiger partial charge is 0.381 e. The molecule has 0 aromatic heterocycles. The van der Waals surface area contributed by atoms with Crippen LogP contribution in [0.1, 0.15) is 38.7 Å². The third kappa shape index (κ3) is 6.37. The molecule has 1 aliphatic rings. The Morgan fingerprint density at radius 1 is 1.06 bits per heavy atom. The number of hydrogen-bond acceptors (Lipinski definition) is 3. The zero-order chi connectivity index (χ0) is 22.1. The molecule has 0 unspecified atom stereocenters. The lowest BCUT2D eigenvalue weighted by molar-refractivity contribution is -0.136. The van der Waals surface area contributed by atoms with Crippen LogP contribution in [0.25, 0.3) is 11.1 Å². The van der Waals surface area contributed by atoms with Gasteiger partial charge < -0.3 is 15.0 Å². The highest BCUT2D eigenvalue weighted by molar-refractivity contribution is 5.83. The Bertz CT molecular complexity index is 845. The minimum absolute atomic E-state index is 0.131. The van der Waals surface area contributed by atoms with E-state index in [9.17, 15) is 9.18 Å². The van der Waals surface area contributed by atoms with Gasteiger partial charge in [-0.25, -0.2) is 4.39 Å². The van der Waals surface area contributed by atoms with E-state index in [4.69, 9.17) is 4.74 Å². The Morgan fingerprint density at radius 2 is 1.74 bits per heavy atom. The van der Waals surface area contributed by atoms with Crippen LogP contribution in [0.2, 0.25) is 0 Å². The summed E-state index contributed by atoms with van der Waals surface area (Å²) in [4.78, 5) is 15.6. The molecule has 1 fully saturated rings. The van der Waals surface area contributed by atoms with E-state index >= 15 is 0 Å². The van der Waals surface area contributed by atoms with Gasteiger partial charge >= 0.3 is 0 Å². The molecule has 0 bridgehead atoms. The van der Waals surface area contributed by atoms with E-state index in [-0.39, 0.29) is 11.7 Å². The normalized spacial score (nSPS) is 15.7. The highest BCUT2D eigenvalue weighted by Gasteiger charge is 2.39. The van der Waals surface area contributed by atoms with E-state index in [1.54, 1.807) is 12.1 Å². The lowest BCUT2D eigenvalue weighted by Crippen LogP contribution is -2.46. The first-order valence-corrected chi connectivity index (χ1v) is 11.5. The number of hydrogen-bond donors (Lipinski definition) is 1. The molecule has 1 heterocycles. The van der Waals surface area contributed by atoms with Crippen molar-refractivity contribution in [1.29, 1.82) is 0 Å². The fraction of sp³-hybridized carbons (Fsp3) is 0.500. The molecule has 4 nitrogen and oxygen atoms in total. The molecular formula is C26H35FN2O2. The average molecular weight is 427 g/mol. The molecule has 5 heteroatoms. The number of halogens is 1. The molecule has 168 valence electrons. The van der Waals surface area contributed by atoms with Crippen LogP contribution >= 0.6 is 0 Å². The van der Waals surface area contributed by atoms with Crippen LogP contribution < -0.4 is 5.32 Å². The number of rotatable bonds is 10. The Morgan fingerprint density at radius 3 is 2.42 bits per heavy atom. The van der Waals surface area contributed by atoms with Gasteiger partial charge in [-0.05, 0) is 74.1 Å². The van der Waals surface area contributed by atoms with Crippen molar-refractivity contribution in [3.63, 3.8) is 0 Å². The maximum Gasteiger partial charge on any atom is 0.226 e. The van der Waals surface area contributed by atoms with Crippen molar-refractivity contribution in [3.05, 3.63) is 59.9 Å². The van der Waals surface area contributed by atoms with Crippen molar-refractivity contribution in [2.75, 3.05) is 39.4 Å². The predicted octanol–water partition coefficient (Wildman–Crippen LogP) is 4.68. The third-order valence-electron chi connectivity index (χ3n) is 6.39. The summed E-state index contributed by atoms with van der Waals surface area (Å²) in [6.07, 6.45) is 3.06. The van der Waals surface area contributed by atoms with E-state index in [2.05, 4.69) is 36.2 Å². The van der Waals surface area contributed by atoms with Gasteiger partial charge in [-0.2, -0.15) is 0 Å². The minimum Gasteiger partial charge on any atom is -0.381 e.